The fourth-order valence-electron chi connectivity index (χ4n) is 3.07. The number of aryl methyl sites for hydroxylation is 1. The van der Waals surface area contributed by atoms with E-state index in [2.05, 4.69) is 41.3 Å². The number of likely N-dealkylation sites (tertiary alicyclic amines) is 1. The number of hydrogen-bond acceptors (Lipinski definition) is 4. The van der Waals surface area contributed by atoms with Crippen LogP contribution in [0.3, 0.4) is 0 Å². The number of piperidine rings is 1. The maximum Gasteiger partial charge on any atom is 0.191 e. The van der Waals surface area contributed by atoms with Crippen LogP contribution in [0.2, 0.25) is 0 Å². The van der Waals surface area contributed by atoms with E-state index in [0.717, 1.165) is 44.4 Å². The van der Waals surface area contributed by atoms with Crippen LogP contribution in [0.5, 0.6) is 0 Å². The molecule has 0 amide bonds. The molecular formula is C19H35N5S. The summed E-state index contributed by atoms with van der Waals surface area (Å²) < 4.78 is 0. The highest BCUT2D eigenvalue weighted by atomic mass is 32.1. The molecule has 1 aliphatic heterocycles. The van der Waals surface area contributed by atoms with E-state index in [-0.39, 0.29) is 0 Å². The van der Waals surface area contributed by atoms with E-state index in [1.54, 1.807) is 11.3 Å². The van der Waals surface area contributed by atoms with Gasteiger partial charge in [-0.15, -0.1) is 11.3 Å². The van der Waals surface area contributed by atoms with Gasteiger partial charge in [0.2, 0.25) is 0 Å². The normalized spacial score (nSPS) is 17.0. The zero-order chi connectivity index (χ0) is 17.9. The first-order valence-corrected chi connectivity index (χ1v) is 10.6. The van der Waals surface area contributed by atoms with Crippen LogP contribution in [0.4, 0.5) is 0 Å². The van der Waals surface area contributed by atoms with Crippen molar-refractivity contribution in [2.24, 2.45) is 10.9 Å². The molecule has 0 radical (unpaired) electrons. The third-order valence-electron chi connectivity index (χ3n) is 4.67. The van der Waals surface area contributed by atoms with E-state index < -0.39 is 0 Å². The molecule has 2 rings (SSSR count). The molecule has 1 fully saturated rings. The van der Waals surface area contributed by atoms with Crippen molar-refractivity contribution in [1.29, 1.82) is 0 Å². The number of unbranched alkanes of at least 4 members (excludes halogenated alkanes) is 1. The lowest BCUT2D eigenvalue weighted by Gasteiger charge is -2.30. The molecule has 0 aliphatic carbocycles. The Balaban J connectivity index is 1.59. The number of rotatable bonds is 9. The molecule has 5 nitrogen and oxygen atoms in total. The largest absolute Gasteiger partial charge is 0.357 e. The predicted molar refractivity (Wildman–Crippen MR) is 109 cm³/mol. The topological polar surface area (TPSA) is 52.6 Å². The second-order valence-electron chi connectivity index (χ2n) is 7.03. The summed E-state index contributed by atoms with van der Waals surface area (Å²) in [6.07, 6.45) is 8.04. The second kappa shape index (κ2) is 11.5. The number of guanidine groups is 1. The summed E-state index contributed by atoms with van der Waals surface area (Å²) in [5, 5.41) is 7.94. The van der Waals surface area contributed by atoms with Crippen LogP contribution in [0.15, 0.2) is 11.2 Å². The van der Waals surface area contributed by atoms with E-state index in [4.69, 9.17) is 4.99 Å². The molecule has 2 N–H and O–H groups in total. The minimum atomic E-state index is 0.880. The van der Waals surface area contributed by atoms with E-state index in [9.17, 15) is 0 Å². The Kier molecular flexibility index (Phi) is 9.26. The summed E-state index contributed by atoms with van der Waals surface area (Å²) in [7, 11) is 0. The van der Waals surface area contributed by atoms with Crippen LogP contribution < -0.4 is 10.6 Å². The molecule has 0 unspecified atom stereocenters. The molecule has 0 spiro atoms. The summed E-state index contributed by atoms with van der Waals surface area (Å²) in [6, 6.07) is 0. The zero-order valence-corrected chi connectivity index (χ0v) is 17.0. The summed E-state index contributed by atoms with van der Waals surface area (Å²) in [5.41, 5.74) is 0. The predicted octanol–water partition coefficient (Wildman–Crippen LogP) is 3.06. The fourth-order valence-corrected chi connectivity index (χ4v) is 3.86. The number of hydrogen-bond donors (Lipinski definition) is 2. The van der Waals surface area contributed by atoms with Gasteiger partial charge in [0.25, 0.3) is 0 Å². The lowest BCUT2D eigenvalue weighted by atomic mass is 9.99. The minimum Gasteiger partial charge on any atom is -0.357 e. The Morgan fingerprint density at radius 2 is 2.12 bits per heavy atom. The Bertz CT molecular complexity index is 506. The van der Waals surface area contributed by atoms with Crippen molar-refractivity contribution in [3.05, 3.63) is 16.1 Å². The molecule has 2 heterocycles. The van der Waals surface area contributed by atoms with Gasteiger partial charge in [0.05, 0.1) is 5.01 Å². The van der Waals surface area contributed by atoms with E-state index in [1.807, 2.05) is 6.20 Å². The van der Waals surface area contributed by atoms with Crippen LogP contribution in [0.1, 0.15) is 49.4 Å². The second-order valence-corrected chi connectivity index (χ2v) is 8.35. The van der Waals surface area contributed by atoms with Crippen molar-refractivity contribution >= 4 is 17.3 Å². The molecule has 1 saturated heterocycles. The zero-order valence-electron chi connectivity index (χ0n) is 16.2. The Labute approximate surface area is 157 Å². The maximum atomic E-state index is 4.70. The van der Waals surface area contributed by atoms with Gasteiger partial charge in [-0.1, -0.05) is 6.92 Å². The molecule has 142 valence electrons. The van der Waals surface area contributed by atoms with Crippen LogP contribution in [0.25, 0.3) is 0 Å². The van der Waals surface area contributed by atoms with Gasteiger partial charge < -0.3 is 15.5 Å². The van der Waals surface area contributed by atoms with Gasteiger partial charge in [-0.25, -0.2) is 4.98 Å². The molecule has 0 bridgehead atoms. The van der Waals surface area contributed by atoms with Crippen molar-refractivity contribution in [1.82, 2.24) is 20.5 Å². The highest BCUT2D eigenvalue weighted by Gasteiger charge is 2.14. The number of thiazole rings is 1. The van der Waals surface area contributed by atoms with Gasteiger partial charge >= 0.3 is 0 Å². The first-order valence-electron chi connectivity index (χ1n) is 9.83. The lowest BCUT2D eigenvalue weighted by Crippen LogP contribution is -2.38. The third-order valence-corrected chi connectivity index (χ3v) is 5.65. The molecule has 1 aliphatic rings. The van der Waals surface area contributed by atoms with Crippen LogP contribution >= 0.6 is 11.3 Å². The van der Waals surface area contributed by atoms with Crippen molar-refractivity contribution in [3.63, 3.8) is 0 Å². The monoisotopic (exact) mass is 365 g/mol. The number of aliphatic imine (C=N–C) groups is 1. The highest BCUT2D eigenvalue weighted by molar-refractivity contribution is 7.11. The van der Waals surface area contributed by atoms with E-state index in [0.29, 0.717) is 0 Å². The van der Waals surface area contributed by atoms with Crippen molar-refractivity contribution in [2.75, 3.05) is 39.3 Å². The smallest absolute Gasteiger partial charge is 0.191 e. The molecule has 6 heteroatoms. The molecule has 0 atom stereocenters. The summed E-state index contributed by atoms with van der Waals surface area (Å²) in [4.78, 5) is 13.0. The summed E-state index contributed by atoms with van der Waals surface area (Å²) in [5.74, 6) is 1.85. The third kappa shape index (κ3) is 8.19. The molecule has 25 heavy (non-hydrogen) atoms. The Morgan fingerprint density at radius 1 is 1.32 bits per heavy atom. The quantitative estimate of drug-likeness (QED) is 0.401. The Hall–Kier alpha value is -1.14. The average molecular weight is 366 g/mol. The van der Waals surface area contributed by atoms with Crippen LogP contribution in [-0.4, -0.2) is 55.1 Å². The molecular weight excluding hydrogens is 330 g/mol. The molecule has 1 aromatic heterocycles. The summed E-state index contributed by atoms with van der Waals surface area (Å²) in [6.45, 7) is 13.1. The van der Waals surface area contributed by atoms with E-state index in [1.165, 1.54) is 48.8 Å². The van der Waals surface area contributed by atoms with Gasteiger partial charge in [0.1, 0.15) is 0 Å². The molecule has 0 aromatic carbocycles. The number of aromatic nitrogens is 1. The van der Waals surface area contributed by atoms with Crippen molar-refractivity contribution in [2.45, 2.75) is 52.9 Å². The van der Waals surface area contributed by atoms with Crippen molar-refractivity contribution in [3.8, 4) is 0 Å². The molecule has 0 saturated carbocycles. The first kappa shape index (κ1) is 20.2. The van der Waals surface area contributed by atoms with Gasteiger partial charge in [0, 0.05) is 37.1 Å². The number of nitrogens with one attached hydrogen (secondary N) is 2. The number of nitrogens with zero attached hydrogens (tertiary/aromatic N) is 3. The van der Waals surface area contributed by atoms with Gasteiger partial charge in [-0.3, -0.25) is 4.99 Å². The van der Waals surface area contributed by atoms with Crippen LogP contribution in [-0.2, 0) is 6.42 Å². The van der Waals surface area contributed by atoms with Gasteiger partial charge in [0.15, 0.2) is 5.96 Å². The van der Waals surface area contributed by atoms with E-state index >= 15 is 0 Å². The first-order chi connectivity index (χ1) is 12.2. The van der Waals surface area contributed by atoms with Gasteiger partial charge in [-0.2, -0.15) is 0 Å². The van der Waals surface area contributed by atoms with Gasteiger partial charge in [-0.05, 0) is 65.1 Å². The SMILES string of the molecule is CCNC(=NCCCCN1CCC(C)CC1)NCCc1ncc(C)s1. The molecule has 1 aromatic rings. The fraction of sp³-hybridized carbons (Fsp3) is 0.789. The highest BCUT2D eigenvalue weighted by Crippen LogP contribution is 2.16. The van der Waals surface area contributed by atoms with Crippen LogP contribution in [0, 0.1) is 12.8 Å². The lowest BCUT2D eigenvalue weighted by molar-refractivity contribution is 0.190. The summed E-state index contributed by atoms with van der Waals surface area (Å²) >= 11 is 1.77. The average Bonchev–Trinajstić information content (AvgIpc) is 3.01. The maximum absolute atomic E-state index is 4.70. The standard InChI is InChI=1S/C19H35N5S/c1-4-20-19(22-11-7-18-23-15-17(3)25-18)21-10-5-6-12-24-13-8-16(2)9-14-24/h15-16H,4-14H2,1-3H3,(H2,20,21,22). The van der Waals surface area contributed by atoms with Crippen molar-refractivity contribution < 1.29 is 0 Å². The minimum absolute atomic E-state index is 0.880. The Morgan fingerprint density at radius 3 is 2.80 bits per heavy atom.